The Kier molecular flexibility index (Phi) is 3.96. The molecule has 0 saturated carbocycles. The highest BCUT2D eigenvalue weighted by Gasteiger charge is 2.62. The van der Waals surface area contributed by atoms with Crippen LogP contribution in [0.5, 0.6) is 0 Å². The lowest BCUT2D eigenvalue weighted by atomic mass is 9.94. The van der Waals surface area contributed by atoms with Gasteiger partial charge in [-0.3, -0.25) is 0 Å². The molecule has 0 aliphatic carbocycles. The van der Waals surface area contributed by atoms with E-state index in [-0.39, 0.29) is 5.56 Å². The van der Waals surface area contributed by atoms with Crippen molar-refractivity contribution in [1.29, 1.82) is 0 Å². The molecular weight excluding hydrogens is 275 g/mol. The molecule has 1 unspecified atom stereocenters. The summed E-state index contributed by atoms with van der Waals surface area (Å²) in [5.74, 6) is -4.96. The topological polar surface area (TPSA) is 0 Å². The van der Waals surface area contributed by atoms with Gasteiger partial charge in [-0.1, -0.05) is 17.7 Å². The van der Waals surface area contributed by atoms with Gasteiger partial charge in [0.15, 0.2) is 0 Å². The molecule has 0 saturated heterocycles. The maximum Gasteiger partial charge on any atom is 0.455 e. The van der Waals surface area contributed by atoms with Gasteiger partial charge in [0.05, 0.1) is 0 Å². The predicted molar refractivity (Wildman–Crippen MR) is 60.2 cm³/mol. The van der Waals surface area contributed by atoms with Crippen LogP contribution in [0, 0.1) is 20.8 Å². The average Bonchev–Trinajstić information content (AvgIpc) is 2.13. The Morgan fingerprint density at radius 1 is 0.944 bits per heavy atom. The largest absolute Gasteiger partial charge is 0.455 e. The lowest BCUT2D eigenvalue weighted by Crippen LogP contribution is -2.40. The molecule has 0 nitrogen and oxygen atoms in total. The minimum atomic E-state index is -5.66. The van der Waals surface area contributed by atoms with Crippen LogP contribution in [-0.4, -0.2) is 12.1 Å². The first-order valence-corrected chi connectivity index (χ1v) is 5.58. The molecule has 1 rings (SSSR count). The average molecular weight is 287 g/mol. The Bertz CT molecular complexity index is 427. The molecule has 0 bridgehead atoms. The molecule has 0 spiro atoms. The van der Waals surface area contributed by atoms with Crippen molar-refractivity contribution in [3.63, 3.8) is 0 Å². The molecule has 0 amide bonds. The second kappa shape index (κ2) is 4.68. The smallest absolute Gasteiger partial charge is 0.194 e. The Morgan fingerprint density at radius 2 is 1.33 bits per heavy atom. The van der Waals surface area contributed by atoms with Gasteiger partial charge in [-0.25, -0.2) is 0 Å². The van der Waals surface area contributed by atoms with Crippen LogP contribution in [0.4, 0.5) is 22.0 Å². The summed E-state index contributed by atoms with van der Waals surface area (Å²) in [7, 11) is 0. The molecule has 0 N–H and O–H groups in total. The molecule has 1 aromatic rings. The fourth-order valence-corrected chi connectivity index (χ4v) is 2.38. The number of hydrogen-bond acceptors (Lipinski definition) is 0. The van der Waals surface area contributed by atoms with Gasteiger partial charge in [0.25, 0.3) is 0 Å². The van der Waals surface area contributed by atoms with E-state index in [1.54, 1.807) is 6.92 Å². The normalized spacial score (nSPS) is 14.7. The number of alkyl halides is 6. The van der Waals surface area contributed by atoms with Crippen molar-refractivity contribution >= 4 is 11.6 Å². The molecule has 0 radical (unpaired) electrons. The summed E-state index contributed by atoms with van der Waals surface area (Å²) < 4.78 is 63.3. The van der Waals surface area contributed by atoms with E-state index >= 15 is 0 Å². The van der Waals surface area contributed by atoms with Crippen molar-refractivity contribution in [2.24, 2.45) is 0 Å². The first-order chi connectivity index (χ1) is 7.98. The third-order valence-electron chi connectivity index (χ3n) is 2.69. The van der Waals surface area contributed by atoms with Crippen molar-refractivity contribution in [1.82, 2.24) is 0 Å². The maximum atomic E-state index is 13.2. The second-order valence-corrected chi connectivity index (χ2v) is 4.73. The summed E-state index contributed by atoms with van der Waals surface area (Å²) in [4.78, 5) is 0. The van der Waals surface area contributed by atoms with Gasteiger partial charge in [-0.05, 0) is 37.5 Å². The Balaban J connectivity index is 3.32. The summed E-state index contributed by atoms with van der Waals surface area (Å²) in [5.41, 5.74) is 1.28. The third kappa shape index (κ3) is 2.60. The van der Waals surface area contributed by atoms with Crippen LogP contribution in [0.3, 0.4) is 0 Å². The Morgan fingerprint density at radius 3 is 1.67 bits per heavy atom. The van der Waals surface area contributed by atoms with E-state index in [9.17, 15) is 22.0 Å². The molecule has 0 fully saturated rings. The fourth-order valence-electron chi connectivity index (χ4n) is 1.92. The predicted octanol–water partition coefficient (Wildman–Crippen LogP) is 5.09. The van der Waals surface area contributed by atoms with Crippen LogP contribution < -0.4 is 0 Å². The molecule has 102 valence electrons. The first-order valence-electron chi connectivity index (χ1n) is 5.15. The van der Waals surface area contributed by atoms with Gasteiger partial charge < -0.3 is 0 Å². The highest BCUT2D eigenvalue weighted by atomic mass is 35.5. The summed E-state index contributed by atoms with van der Waals surface area (Å²) in [6, 6.07) is 3.06. The van der Waals surface area contributed by atoms with Crippen LogP contribution in [0.1, 0.15) is 27.6 Å². The van der Waals surface area contributed by atoms with E-state index in [1.807, 2.05) is 0 Å². The fraction of sp³-hybridized carbons (Fsp3) is 0.500. The summed E-state index contributed by atoms with van der Waals surface area (Å²) in [5, 5.41) is -2.42. The SMILES string of the molecule is Cc1cc(C)c(C(Cl)C(F)(F)C(F)(F)F)c(C)c1. The van der Waals surface area contributed by atoms with E-state index in [4.69, 9.17) is 11.6 Å². The Hall–Kier alpha value is -0.840. The van der Waals surface area contributed by atoms with Crippen LogP contribution in [0.25, 0.3) is 0 Å². The number of benzene rings is 1. The number of hydrogen-bond donors (Lipinski definition) is 0. The molecule has 0 aliphatic heterocycles. The van der Waals surface area contributed by atoms with Crippen molar-refractivity contribution in [2.45, 2.75) is 38.2 Å². The molecule has 0 aliphatic rings. The molecule has 6 heteroatoms. The van der Waals surface area contributed by atoms with Gasteiger partial charge in [-0.15, -0.1) is 11.6 Å². The van der Waals surface area contributed by atoms with Gasteiger partial charge in [-0.2, -0.15) is 22.0 Å². The van der Waals surface area contributed by atoms with E-state index < -0.39 is 17.5 Å². The van der Waals surface area contributed by atoms with Crippen molar-refractivity contribution in [3.8, 4) is 0 Å². The molecule has 1 aromatic carbocycles. The second-order valence-electron chi connectivity index (χ2n) is 4.30. The summed E-state index contributed by atoms with van der Waals surface area (Å²) in [6.45, 7) is 4.67. The minimum absolute atomic E-state index is 0.162. The standard InChI is InChI=1S/C12H12ClF5/c1-6-4-7(2)9(8(3)5-6)10(13)11(14,15)12(16,17)18/h4-5,10H,1-3H3. The highest BCUT2D eigenvalue weighted by molar-refractivity contribution is 6.21. The summed E-state index contributed by atoms with van der Waals surface area (Å²) >= 11 is 5.38. The molecule has 1 atom stereocenters. The zero-order valence-electron chi connectivity index (χ0n) is 10.00. The van der Waals surface area contributed by atoms with Crippen molar-refractivity contribution in [2.75, 3.05) is 0 Å². The number of rotatable bonds is 2. The van der Waals surface area contributed by atoms with E-state index in [0.29, 0.717) is 11.1 Å². The number of aryl methyl sites for hydroxylation is 3. The number of halogens is 6. The van der Waals surface area contributed by atoms with Crippen molar-refractivity contribution in [3.05, 3.63) is 34.4 Å². The van der Waals surface area contributed by atoms with Crippen molar-refractivity contribution < 1.29 is 22.0 Å². The molecule has 0 heterocycles. The van der Waals surface area contributed by atoms with E-state index in [0.717, 1.165) is 5.56 Å². The molecule has 0 aromatic heterocycles. The lowest BCUT2D eigenvalue weighted by molar-refractivity contribution is -0.283. The van der Waals surface area contributed by atoms with Crippen LogP contribution in [0.2, 0.25) is 0 Å². The van der Waals surface area contributed by atoms with E-state index in [2.05, 4.69) is 0 Å². The zero-order chi connectivity index (χ0) is 14.3. The zero-order valence-corrected chi connectivity index (χ0v) is 10.8. The van der Waals surface area contributed by atoms with Gasteiger partial charge in [0.2, 0.25) is 0 Å². The first kappa shape index (κ1) is 15.2. The van der Waals surface area contributed by atoms with Gasteiger partial charge >= 0.3 is 12.1 Å². The minimum Gasteiger partial charge on any atom is -0.194 e. The molecular formula is C12H12ClF5. The maximum absolute atomic E-state index is 13.2. The van der Waals surface area contributed by atoms with Gasteiger partial charge in [0, 0.05) is 0 Å². The van der Waals surface area contributed by atoms with Crippen LogP contribution >= 0.6 is 11.6 Å². The monoisotopic (exact) mass is 286 g/mol. The van der Waals surface area contributed by atoms with E-state index in [1.165, 1.54) is 26.0 Å². The highest BCUT2D eigenvalue weighted by Crippen LogP contribution is 2.49. The third-order valence-corrected chi connectivity index (χ3v) is 3.18. The summed E-state index contributed by atoms with van der Waals surface area (Å²) in [6.07, 6.45) is -5.66. The molecule has 18 heavy (non-hydrogen) atoms. The quantitative estimate of drug-likeness (QED) is 0.525. The van der Waals surface area contributed by atoms with Gasteiger partial charge in [0.1, 0.15) is 5.38 Å². The Labute approximate surface area is 107 Å². The van der Waals surface area contributed by atoms with Crippen LogP contribution in [-0.2, 0) is 0 Å². The lowest BCUT2D eigenvalue weighted by Gasteiger charge is -2.27. The van der Waals surface area contributed by atoms with Crippen LogP contribution in [0.15, 0.2) is 12.1 Å².